The van der Waals surface area contributed by atoms with Gasteiger partial charge >= 0.3 is 5.97 Å². The van der Waals surface area contributed by atoms with Crippen LogP contribution in [-0.2, 0) is 4.79 Å². The van der Waals surface area contributed by atoms with Crippen LogP contribution in [0.25, 0.3) is 11.3 Å². The summed E-state index contributed by atoms with van der Waals surface area (Å²) in [5.74, 6) is 5.75. The van der Waals surface area contributed by atoms with E-state index < -0.39 is 0 Å². The molecule has 1 aromatic heterocycles. The molecule has 8 heteroatoms. The molecule has 0 saturated carbocycles. The summed E-state index contributed by atoms with van der Waals surface area (Å²) >= 11 is 0. The first-order valence-electron chi connectivity index (χ1n) is 9.81. The SMILES string of the molecule is CC(C)CC(=O)Oc1ccc(NC(=O)c2cccc(-c3ccc(NN)c(N)n3)c2)cc1. The Balaban J connectivity index is 1.69. The molecule has 0 spiro atoms. The van der Waals surface area contributed by atoms with E-state index in [0.717, 1.165) is 5.56 Å². The molecule has 0 aliphatic heterocycles. The van der Waals surface area contributed by atoms with Crippen LogP contribution in [0.2, 0.25) is 0 Å². The smallest absolute Gasteiger partial charge is 0.311 e. The van der Waals surface area contributed by atoms with Gasteiger partial charge in [0.25, 0.3) is 5.91 Å². The number of pyridine rings is 1. The highest BCUT2D eigenvalue weighted by Gasteiger charge is 2.11. The number of hydrogen-bond acceptors (Lipinski definition) is 7. The average molecular weight is 419 g/mol. The van der Waals surface area contributed by atoms with Crippen molar-refractivity contribution in [3.63, 3.8) is 0 Å². The van der Waals surface area contributed by atoms with Crippen LogP contribution in [0.1, 0.15) is 30.6 Å². The van der Waals surface area contributed by atoms with Crippen LogP contribution in [0.15, 0.2) is 60.7 Å². The van der Waals surface area contributed by atoms with E-state index in [1.54, 1.807) is 54.6 Å². The van der Waals surface area contributed by atoms with Gasteiger partial charge in [-0.3, -0.25) is 15.4 Å². The number of carbonyl (C=O) groups excluding carboxylic acids is 2. The van der Waals surface area contributed by atoms with Crippen LogP contribution >= 0.6 is 0 Å². The molecule has 31 heavy (non-hydrogen) atoms. The topological polar surface area (TPSA) is 132 Å². The van der Waals surface area contributed by atoms with E-state index in [0.29, 0.717) is 34.8 Å². The first-order chi connectivity index (χ1) is 14.9. The fourth-order valence-electron chi connectivity index (χ4n) is 2.89. The Morgan fingerprint density at radius 2 is 1.81 bits per heavy atom. The maximum atomic E-state index is 12.7. The Kier molecular flexibility index (Phi) is 6.84. The van der Waals surface area contributed by atoms with E-state index in [4.69, 9.17) is 16.3 Å². The van der Waals surface area contributed by atoms with Crippen molar-refractivity contribution in [2.24, 2.45) is 11.8 Å². The highest BCUT2D eigenvalue weighted by molar-refractivity contribution is 6.05. The molecular weight excluding hydrogens is 394 g/mol. The van der Waals surface area contributed by atoms with Gasteiger partial charge in [-0.25, -0.2) is 4.98 Å². The molecule has 0 fully saturated rings. The van der Waals surface area contributed by atoms with Gasteiger partial charge in [0, 0.05) is 23.2 Å². The number of amides is 1. The highest BCUT2D eigenvalue weighted by Crippen LogP contribution is 2.24. The quantitative estimate of drug-likeness (QED) is 0.198. The molecule has 3 aromatic rings. The van der Waals surface area contributed by atoms with E-state index in [2.05, 4.69) is 15.7 Å². The molecule has 1 amide bonds. The summed E-state index contributed by atoms with van der Waals surface area (Å²) in [5.41, 5.74) is 11.3. The normalized spacial score (nSPS) is 10.6. The number of rotatable bonds is 7. The minimum atomic E-state index is -0.284. The van der Waals surface area contributed by atoms with Gasteiger partial charge < -0.3 is 21.2 Å². The zero-order valence-electron chi connectivity index (χ0n) is 17.4. The molecule has 6 N–H and O–H groups in total. The summed E-state index contributed by atoms with van der Waals surface area (Å²) in [5, 5.41) is 2.83. The largest absolute Gasteiger partial charge is 0.427 e. The molecule has 0 unspecified atom stereocenters. The molecular formula is C23H25N5O3. The molecule has 160 valence electrons. The highest BCUT2D eigenvalue weighted by atomic mass is 16.5. The third kappa shape index (κ3) is 5.80. The number of benzene rings is 2. The van der Waals surface area contributed by atoms with Gasteiger partial charge in [-0.05, 0) is 54.4 Å². The molecule has 0 radical (unpaired) electrons. The number of carbonyl (C=O) groups is 2. The van der Waals surface area contributed by atoms with Crippen molar-refractivity contribution < 1.29 is 14.3 Å². The van der Waals surface area contributed by atoms with Crippen LogP contribution in [-0.4, -0.2) is 16.9 Å². The first kappa shape index (κ1) is 21.8. The summed E-state index contributed by atoms with van der Waals surface area (Å²) in [7, 11) is 0. The van der Waals surface area contributed by atoms with Gasteiger partial charge in [-0.2, -0.15) is 0 Å². The summed E-state index contributed by atoms with van der Waals surface area (Å²) in [6.45, 7) is 3.90. The second-order valence-electron chi connectivity index (χ2n) is 7.40. The van der Waals surface area contributed by atoms with Gasteiger partial charge in [-0.15, -0.1) is 0 Å². The van der Waals surface area contributed by atoms with Crippen molar-refractivity contribution in [1.82, 2.24) is 4.98 Å². The van der Waals surface area contributed by atoms with Crippen molar-refractivity contribution in [3.05, 3.63) is 66.2 Å². The Bertz CT molecular complexity index is 1080. The predicted octanol–water partition coefficient (Wildman–Crippen LogP) is 3.82. The summed E-state index contributed by atoms with van der Waals surface area (Å²) in [6.07, 6.45) is 0.348. The van der Waals surface area contributed by atoms with Gasteiger partial charge in [-0.1, -0.05) is 26.0 Å². The maximum Gasteiger partial charge on any atom is 0.311 e. The number of anilines is 3. The molecule has 8 nitrogen and oxygen atoms in total. The molecule has 0 aliphatic rings. The lowest BCUT2D eigenvalue weighted by Gasteiger charge is -2.10. The zero-order valence-corrected chi connectivity index (χ0v) is 17.4. The number of ether oxygens (including phenoxy) is 1. The van der Waals surface area contributed by atoms with Crippen LogP contribution in [0, 0.1) is 5.92 Å². The summed E-state index contributed by atoms with van der Waals surface area (Å²) in [6, 6.07) is 17.2. The molecule has 1 heterocycles. The third-order valence-corrected chi connectivity index (χ3v) is 4.42. The van der Waals surface area contributed by atoms with Crippen LogP contribution in [0.4, 0.5) is 17.2 Å². The molecule has 0 bridgehead atoms. The van der Waals surface area contributed by atoms with E-state index in [1.165, 1.54) is 0 Å². The number of hydrazine groups is 1. The van der Waals surface area contributed by atoms with Crippen molar-refractivity contribution in [2.45, 2.75) is 20.3 Å². The number of esters is 1. The predicted molar refractivity (Wildman–Crippen MR) is 121 cm³/mol. The summed E-state index contributed by atoms with van der Waals surface area (Å²) in [4.78, 5) is 28.8. The molecule has 0 aliphatic carbocycles. The third-order valence-electron chi connectivity index (χ3n) is 4.42. The molecule has 3 rings (SSSR count). The monoisotopic (exact) mass is 419 g/mol. The number of nitrogens with zero attached hydrogens (tertiary/aromatic N) is 1. The lowest BCUT2D eigenvalue weighted by Crippen LogP contribution is -2.13. The van der Waals surface area contributed by atoms with E-state index >= 15 is 0 Å². The number of hydrogen-bond donors (Lipinski definition) is 4. The lowest BCUT2D eigenvalue weighted by molar-refractivity contribution is -0.135. The standard InChI is InChI=1S/C23H25N5O3/c1-14(2)12-21(29)31-18-8-6-17(7-9-18)26-23(30)16-5-3-4-15(13-16)19-10-11-20(28-25)22(24)27-19/h3-11,13-14,28H,12,25H2,1-2H3,(H2,24,27)(H,26,30). The fourth-order valence-corrected chi connectivity index (χ4v) is 2.89. The van der Waals surface area contributed by atoms with Crippen molar-refractivity contribution in [3.8, 4) is 17.0 Å². The first-order valence-corrected chi connectivity index (χ1v) is 9.81. The van der Waals surface area contributed by atoms with Crippen LogP contribution in [0.5, 0.6) is 5.75 Å². The van der Waals surface area contributed by atoms with Crippen molar-refractivity contribution >= 4 is 29.1 Å². The van der Waals surface area contributed by atoms with Crippen molar-refractivity contribution in [1.29, 1.82) is 0 Å². The Morgan fingerprint density at radius 3 is 2.45 bits per heavy atom. The number of nitrogens with two attached hydrogens (primary N) is 2. The van der Waals surface area contributed by atoms with Gasteiger partial charge in [0.2, 0.25) is 0 Å². The summed E-state index contributed by atoms with van der Waals surface area (Å²) < 4.78 is 5.28. The van der Waals surface area contributed by atoms with Gasteiger partial charge in [0.15, 0.2) is 0 Å². The molecule has 2 aromatic carbocycles. The fraction of sp³-hybridized carbons (Fsp3) is 0.174. The van der Waals surface area contributed by atoms with E-state index in [9.17, 15) is 9.59 Å². The van der Waals surface area contributed by atoms with Gasteiger partial charge in [0.05, 0.1) is 11.4 Å². The van der Waals surface area contributed by atoms with E-state index in [-0.39, 0.29) is 23.6 Å². The van der Waals surface area contributed by atoms with Crippen LogP contribution in [0.3, 0.4) is 0 Å². The second-order valence-corrected chi connectivity index (χ2v) is 7.40. The maximum absolute atomic E-state index is 12.7. The minimum Gasteiger partial charge on any atom is -0.427 e. The Hall–Kier alpha value is -3.91. The van der Waals surface area contributed by atoms with Crippen molar-refractivity contribution in [2.75, 3.05) is 16.5 Å². The van der Waals surface area contributed by atoms with E-state index in [1.807, 2.05) is 19.9 Å². The lowest BCUT2D eigenvalue weighted by atomic mass is 10.1. The average Bonchev–Trinajstić information content (AvgIpc) is 2.74. The van der Waals surface area contributed by atoms with Crippen LogP contribution < -0.4 is 27.1 Å². The Labute approximate surface area is 180 Å². The molecule has 0 atom stereocenters. The zero-order chi connectivity index (χ0) is 22.4. The number of aromatic nitrogens is 1. The number of nitrogens with one attached hydrogen (secondary N) is 2. The minimum absolute atomic E-state index is 0.226. The van der Waals surface area contributed by atoms with Gasteiger partial charge in [0.1, 0.15) is 11.6 Å². The second kappa shape index (κ2) is 9.73. The molecule has 0 saturated heterocycles. The Morgan fingerprint density at radius 1 is 1.06 bits per heavy atom. The number of nitrogen functional groups attached to an aromatic ring is 2.